The molecule has 0 aromatic heterocycles. The lowest BCUT2D eigenvalue weighted by atomic mass is 9.70. The van der Waals surface area contributed by atoms with Crippen molar-refractivity contribution in [3.63, 3.8) is 0 Å². The highest BCUT2D eigenvalue weighted by molar-refractivity contribution is 6.34. The van der Waals surface area contributed by atoms with Gasteiger partial charge in [0, 0.05) is 19.7 Å². The van der Waals surface area contributed by atoms with E-state index in [1.807, 2.05) is 49.4 Å². The summed E-state index contributed by atoms with van der Waals surface area (Å²) in [6, 6.07) is 14.1. The Bertz CT molecular complexity index is 1190. The van der Waals surface area contributed by atoms with Crippen molar-refractivity contribution in [2.75, 3.05) is 18.5 Å². The van der Waals surface area contributed by atoms with Gasteiger partial charge in [-0.15, -0.1) is 0 Å². The number of carbonyl (C=O) groups excluding carboxylic acids is 3. The summed E-state index contributed by atoms with van der Waals surface area (Å²) >= 11 is 6.40. The van der Waals surface area contributed by atoms with Gasteiger partial charge in [0.1, 0.15) is 11.6 Å². The zero-order valence-electron chi connectivity index (χ0n) is 21.5. The molecule has 5 atom stereocenters. The first-order chi connectivity index (χ1) is 18.4. The maximum absolute atomic E-state index is 13.9. The minimum Gasteiger partial charge on any atom is -0.396 e. The van der Waals surface area contributed by atoms with Crippen LogP contribution in [0.1, 0.15) is 43.2 Å². The van der Waals surface area contributed by atoms with Crippen molar-refractivity contribution in [1.82, 2.24) is 10.2 Å². The first kappa shape index (κ1) is 26.7. The summed E-state index contributed by atoms with van der Waals surface area (Å²) in [6.07, 6.45) is 2.71. The molecule has 0 saturated carbocycles. The van der Waals surface area contributed by atoms with Gasteiger partial charge >= 0.3 is 0 Å². The number of aryl methyl sites for hydroxylation is 1. The highest BCUT2D eigenvalue weighted by Crippen LogP contribution is 2.58. The summed E-state index contributed by atoms with van der Waals surface area (Å²) in [5.74, 6) is -2.17. The molecule has 9 heteroatoms. The van der Waals surface area contributed by atoms with Crippen molar-refractivity contribution >= 4 is 35.0 Å². The molecular formula is C29H34ClN3O5. The number of benzene rings is 2. The van der Waals surface area contributed by atoms with E-state index < -0.39 is 29.6 Å². The van der Waals surface area contributed by atoms with E-state index in [0.717, 1.165) is 17.5 Å². The largest absolute Gasteiger partial charge is 0.396 e. The quantitative estimate of drug-likeness (QED) is 0.401. The average Bonchev–Trinajstić information content (AvgIpc) is 3.55. The number of aliphatic hydroxyl groups is 1. The molecule has 0 aliphatic carbocycles. The molecule has 3 heterocycles. The first-order valence-electron chi connectivity index (χ1n) is 13.3. The number of fused-ring (bicyclic) bond motifs is 1. The maximum atomic E-state index is 13.9. The number of halogens is 1. The third-order valence-corrected chi connectivity index (χ3v) is 8.50. The molecule has 0 radical (unpaired) electrons. The SMILES string of the molecule is Cc1cccc(Cl)c1NC(=O)C1N(CCCCCO)C(=O)[C@@H]2[C@@H](C(=O)NCc3ccccc3)[C@H]3CCC12O3. The fourth-order valence-electron chi connectivity index (χ4n) is 6.45. The number of para-hydroxylation sites is 1. The summed E-state index contributed by atoms with van der Waals surface area (Å²) in [5.41, 5.74) is 1.23. The zero-order chi connectivity index (χ0) is 26.9. The van der Waals surface area contributed by atoms with Crippen molar-refractivity contribution in [3.8, 4) is 0 Å². The van der Waals surface area contributed by atoms with E-state index in [-0.39, 0.29) is 24.3 Å². The Morgan fingerprint density at radius 1 is 1.11 bits per heavy atom. The van der Waals surface area contributed by atoms with E-state index in [1.54, 1.807) is 11.0 Å². The predicted molar refractivity (Wildman–Crippen MR) is 143 cm³/mol. The number of hydrogen-bond donors (Lipinski definition) is 3. The van der Waals surface area contributed by atoms with Gasteiger partial charge in [0.2, 0.25) is 17.7 Å². The highest BCUT2D eigenvalue weighted by atomic mass is 35.5. The lowest BCUT2D eigenvalue weighted by molar-refractivity contribution is -0.141. The molecule has 38 heavy (non-hydrogen) atoms. The van der Waals surface area contributed by atoms with Crippen molar-refractivity contribution in [2.45, 2.75) is 63.3 Å². The molecule has 2 unspecified atom stereocenters. The average molecular weight is 540 g/mol. The van der Waals surface area contributed by atoms with Gasteiger partial charge in [0.25, 0.3) is 0 Å². The molecule has 1 spiro atoms. The Morgan fingerprint density at radius 2 is 1.89 bits per heavy atom. The van der Waals surface area contributed by atoms with E-state index in [1.165, 1.54) is 0 Å². The van der Waals surface area contributed by atoms with Gasteiger partial charge in [0.05, 0.1) is 28.6 Å². The van der Waals surface area contributed by atoms with E-state index >= 15 is 0 Å². The third-order valence-electron chi connectivity index (χ3n) is 8.19. The van der Waals surface area contributed by atoms with Gasteiger partial charge < -0.3 is 25.4 Å². The number of nitrogens with zero attached hydrogens (tertiary/aromatic N) is 1. The number of carbonyl (C=O) groups is 3. The number of hydrogen-bond acceptors (Lipinski definition) is 5. The Balaban J connectivity index is 1.42. The summed E-state index contributed by atoms with van der Waals surface area (Å²) in [5, 5.41) is 15.6. The number of aliphatic hydroxyl groups excluding tert-OH is 1. The van der Waals surface area contributed by atoms with Gasteiger partial charge in [-0.1, -0.05) is 54.1 Å². The van der Waals surface area contributed by atoms with E-state index in [4.69, 9.17) is 16.3 Å². The fraction of sp³-hybridized carbons (Fsp3) is 0.483. The van der Waals surface area contributed by atoms with Gasteiger partial charge in [-0.05, 0) is 56.2 Å². The molecule has 3 aliphatic rings. The van der Waals surface area contributed by atoms with Gasteiger partial charge in [-0.2, -0.15) is 0 Å². The second kappa shape index (κ2) is 11.0. The molecule has 3 N–H and O–H groups in total. The minimum absolute atomic E-state index is 0.0741. The molecule has 3 aliphatic heterocycles. The molecule has 3 fully saturated rings. The van der Waals surface area contributed by atoms with Crippen LogP contribution >= 0.6 is 11.6 Å². The smallest absolute Gasteiger partial charge is 0.250 e. The van der Waals surface area contributed by atoms with Crippen molar-refractivity contribution in [3.05, 3.63) is 64.7 Å². The Kier molecular flexibility index (Phi) is 7.75. The Labute approximate surface area is 227 Å². The highest BCUT2D eigenvalue weighted by Gasteiger charge is 2.74. The monoisotopic (exact) mass is 539 g/mol. The molecule has 8 nitrogen and oxygen atoms in total. The van der Waals surface area contributed by atoms with Crippen LogP contribution in [0.25, 0.3) is 0 Å². The van der Waals surface area contributed by atoms with Gasteiger partial charge in [-0.3, -0.25) is 14.4 Å². The standard InChI is InChI=1S/C29H34ClN3O5/c1-18-9-8-12-20(30)24(18)32-27(36)25-29-14-13-21(38-29)22(26(35)31-17-19-10-4-2-5-11-19)23(29)28(37)33(25)15-6-3-7-16-34/h2,4-5,8-12,21-23,25,34H,3,6-7,13-17H2,1H3,(H,31,35)(H,32,36)/t21-,22+,23+,25?,29?/m1/s1. The van der Waals surface area contributed by atoms with Crippen LogP contribution in [-0.2, 0) is 25.7 Å². The molecule has 2 aromatic rings. The first-order valence-corrected chi connectivity index (χ1v) is 13.7. The van der Waals surface area contributed by atoms with Crippen LogP contribution in [-0.4, -0.2) is 58.6 Å². The number of rotatable bonds is 10. The zero-order valence-corrected chi connectivity index (χ0v) is 22.2. The lowest BCUT2D eigenvalue weighted by Crippen LogP contribution is -2.53. The maximum Gasteiger partial charge on any atom is 0.250 e. The number of anilines is 1. The number of amides is 3. The van der Waals surface area contributed by atoms with Crippen molar-refractivity contribution < 1.29 is 24.2 Å². The molecule has 2 bridgehead atoms. The van der Waals surface area contributed by atoms with Crippen molar-refractivity contribution in [2.24, 2.45) is 11.8 Å². The number of ether oxygens (including phenoxy) is 1. The van der Waals surface area contributed by atoms with E-state index in [2.05, 4.69) is 10.6 Å². The molecular weight excluding hydrogens is 506 g/mol. The van der Waals surface area contributed by atoms with Crippen LogP contribution in [0.3, 0.4) is 0 Å². The second-order valence-corrected chi connectivity index (χ2v) is 10.9. The molecule has 3 saturated heterocycles. The Morgan fingerprint density at radius 3 is 2.63 bits per heavy atom. The molecule has 202 valence electrons. The summed E-state index contributed by atoms with van der Waals surface area (Å²) < 4.78 is 6.47. The normalized spacial score (nSPS) is 27.4. The molecule has 2 aromatic carbocycles. The van der Waals surface area contributed by atoms with Crippen LogP contribution < -0.4 is 10.6 Å². The van der Waals surface area contributed by atoms with Crippen LogP contribution in [0.5, 0.6) is 0 Å². The predicted octanol–water partition coefficient (Wildman–Crippen LogP) is 3.44. The van der Waals surface area contributed by atoms with E-state index in [0.29, 0.717) is 49.5 Å². The number of nitrogens with one attached hydrogen (secondary N) is 2. The summed E-state index contributed by atoms with van der Waals surface area (Å²) in [4.78, 5) is 42.9. The lowest BCUT2D eigenvalue weighted by Gasteiger charge is -2.33. The molecule has 5 rings (SSSR count). The third kappa shape index (κ3) is 4.70. The topological polar surface area (TPSA) is 108 Å². The van der Waals surface area contributed by atoms with Gasteiger partial charge in [-0.25, -0.2) is 0 Å². The Hall–Kier alpha value is -2.94. The fourth-order valence-corrected chi connectivity index (χ4v) is 6.72. The van der Waals surface area contributed by atoms with Crippen molar-refractivity contribution in [1.29, 1.82) is 0 Å². The van der Waals surface area contributed by atoms with Gasteiger partial charge in [0.15, 0.2) is 0 Å². The summed E-state index contributed by atoms with van der Waals surface area (Å²) in [6.45, 7) is 2.64. The minimum atomic E-state index is -1.06. The number of likely N-dealkylation sites (tertiary alicyclic amines) is 1. The van der Waals surface area contributed by atoms with Crippen LogP contribution in [0, 0.1) is 18.8 Å². The van der Waals surface area contributed by atoms with E-state index in [9.17, 15) is 19.5 Å². The van der Waals surface area contributed by atoms with Crippen LogP contribution in [0.15, 0.2) is 48.5 Å². The molecule has 3 amide bonds. The van der Waals surface area contributed by atoms with Crippen LogP contribution in [0.2, 0.25) is 5.02 Å². The number of unbranched alkanes of at least 4 members (excludes halogenated alkanes) is 2. The summed E-state index contributed by atoms with van der Waals surface area (Å²) in [7, 11) is 0. The van der Waals surface area contributed by atoms with Crippen LogP contribution in [0.4, 0.5) is 5.69 Å². The second-order valence-electron chi connectivity index (χ2n) is 10.5.